The van der Waals surface area contributed by atoms with Gasteiger partial charge in [-0.1, -0.05) is 49.9 Å². The van der Waals surface area contributed by atoms with E-state index in [1.807, 2.05) is 38.3 Å². The number of hydrogen-bond acceptors (Lipinski definition) is 8. The van der Waals surface area contributed by atoms with Crippen LogP contribution in [0.4, 0.5) is 0 Å². The van der Waals surface area contributed by atoms with E-state index in [1.54, 1.807) is 11.3 Å². The molecule has 0 spiro atoms. The quantitative estimate of drug-likeness (QED) is 0.667. The molecule has 0 atom stereocenters. The minimum Gasteiger partial charge on any atom is -0.350 e. The predicted molar refractivity (Wildman–Crippen MR) is 101 cm³/mol. The van der Waals surface area contributed by atoms with Crippen LogP contribution in [0.25, 0.3) is 4.96 Å². The summed E-state index contributed by atoms with van der Waals surface area (Å²) in [5.74, 6) is 0.158. The number of amides is 1. The highest BCUT2D eigenvalue weighted by atomic mass is 32.2. The molecule has 7 nitrogen and oxygen atoms in total. The van der Waals surface area contributed by atoms with Gasteiger partial charge >= 0.3 is 0 Å². The molecule has 1 N–H and O–H groups in total. The molecule has 10 heteroatoms. The Morgan fingerprint density at radius 3 is 2.84 bits per heavy atom. The molecule has 3 aromatic heterocycles. The lowest BCUT2D eigenvalue weighted by Crippen LogP contribution is -2.30. The number of thiophene rings is 1. The summed E-state index contributed by atoms with van der Waals surface area (Å²) < 4.78 is 1.88. The average molecular weight is 396 g/mol. The first-order chi connectivity index (χ1) is 11.8. The molecule has 25 heavy (non-hydrogen) atoms. The van der Waals surface area contributed by atoms with Crippen LogP contribution < -0.4 is 10.9 Å². The summed E-state index contributed by atoms with van der Waals surface area (Å²) in [5, 5.41) is 17.2. The van der Waals surface area contributed by atoms with Gasteiger partial charge in [-0.2, -0.15) is 4.52 Å². The van der Waals surface area contributed by atoms with E-state index in [9.17, 15) is 9.59 Å². The summed E-state index contributed by atoms with van der Waals surface area (Å²) in [7, 11) is 0. The van der Waals surface area contributed by atoms with Crippen molar-refractivity contribution in [3.8, 4) is 0 Å². The first-order valence-electron chi connectivity index (χ1n) is 7.53. The zero-order chi connectivity index (χ0) is 18.0. The average Bonchev–Trinajstić information content (AvgIpc) is 3.19. The Hall–Kier alpha value is -1.78. The summed E-state index contributed by atoms with van der Waals surface area (Å²) in [6.07, 6.45) is 0. The maximum Gasteiger partial charge on any atom is 0.297 e. The normalized spacial score (nSPS) is 11.8. The topological polar surface area (TPSA) is 89.2 Å². The van der Waals surface area contributed by atoms with Gasteiger partial charge in [0.05, 0.1) is 12.3 Å². The van der Waals surface area contributed by atoms with Crippen molar-refractivity contribution < 1.29 is 4.79 Å². The van der Waals surface area contributed by atoms with Gasteiger partial charge in [-0.05, 0) is 11.4 Å². The van der Waals surface area contributed by atoms with Crippen molar-refractivity contribution in [2.24, 2.45) is 0 Å². The Kier molecular flexibility index (Phi) is 5.21. The highest BCUT2D eigenvalue weighted by Crippen LogP contribution is 2.23. The molecule has 0 radical (unpaired) electrons. The third kappa shape index (κ3) is 4.25. The van der Waals surface area contributed by atoms with Gasteiger partial charge in [-0.15, -0.1) is 26.6 Å². The fraction of sp³-hybridized carbons (Fsp3) is 0.400. The predicted octanol–water partition coefficient (Wildman–Crippen LogP) is 2.31. The standard InChI is InChI=1S/C15H17N5O2S3/c1-15(2,3)11-12(22)20-13(18-17-11)25-14(19-20)24-8-10(21)16-7-9-5-4-6-23-9/h4-6H,7-8H2,1-3H3,(H,16,21). The van der Waals surface area contributed by atoms with Crippen molar-refractivity contribution in [2.75, 3.05) is 5.75 Å². The number of carbonyl (C=O) groups is 1. The SMILES string of the molecule is CC(C)(C)c1nnc2sc(SCC(=O)NCc3cccs3)nn2c1=O. The van der Waals surface area contributed by atoms with Crippen LogP contribution in [0.5, 0.6) is 0 Å². The van der Waals surface area contributed by atoms with Gasteiger partial charge in [0.2, 0.25) is 10.9 Å². The minimum absolute atomic E-state index is 0.0773. The van der Waals surface area contributed by atoms with Gasteiger partial charge in [-0.3, -0.25) is 9.59 Å². The second-order valence-electron chi connectivity index (χ2n) is 6.31. The Balaban J connectivity index is 1.67. The van der Waals surface area contributed by atoms with E-state index in [-0.39, 0.29) is 17.2 Å². The molecule has 3 heterocycles. The zero-order valence-corrected chi connectivity index (χ0v) is 16.4. The highest BCUT2D eigenvalue weighted by Gasteiger charge is 2.23. The van der Waals surface area contributed by atoms with E-state index in [4.69, 9.17) is 0 Å². The molecule has 3 aromatic rings. The monoisotopic (exact) mass is 395 g/mol. The van der Waals surface area contributed by atoms with Gasteiger partial charge in [0.25, 0.3) is 5.56 Å². The fourth-order valence-electron chi connectivity index (χ4n) is 2.00. The number of nitrogens with one attached hydrogen (secondary N) is 1. The van der Waals surface area contributed by atoms with Crippen LogP contribution in [-0.4, -0.2) is 31.5 Å². The third-order valence-corrected chi connectivity index (χ3v) is 6.16. The molecule has 0 bridgehead atoms. The smallest absolute Gasteiger partial charge is 0.297 e. The molecule has 0 saturated heterocycles. The molecule has 0 unspecified atom stereocenters. The molecule has 0 saturated carbocycles. The molecule has 0 aliphatic rings. The number of nitrogens with zero attached hydrogens (tertiary/aromatic N) is 4. The van der Waals surface area contributed by atoms with Crippen molar-refractivity contribution in [2.45, 2.75) is 37.1 Å². The van der Waals surface area contributed by atoms with E-state index in [0.29, 0.717) is 21.5 Å². The van der Waals surface area contributed by atoms with Gasteiger partial charge < -0.3 is 5.32 Å². The summed E-state index contributed by atoms with van der Waals surface area (Å²) in [5.41, 5.74) is -0.285. The van der Waals surface area contributed by atoms with Crippen molar-refractivity contribution in [3.63, 3.8) is 0 Å². The van der Waals surface area contributed by atoms with Crippen molar-refractivity contribution in [1.29, 1.82) is 0 Å². The number of thioether (sulfide) groups is 1. The first kappa shape index (κ1) is 18.0. The summed E-state index contributed by atoms with van der Waals surface area (Å²) in [6.45, 7) is 6.25. The largest absolute Gasteiger partial charge is 0.350 e. The zero-order valence-electron chi connectivity index (χ0n) is 14.0. The molecule has 1 amide bonds. The second-order valence-corrected chi connectivity index (χ2v) is 9.52. The Morgan fingerprint density at radius 1 is 1.36 bits per heavy atom. The lowest BCUT2D eigenvalue weighted by Gasteiger charge is -2.14. The van der Waals surface area contributed by atoms with Crippen molar-refractivity contribution >= 4 is 45.3 Å². The Labute approximate surface area is 156 Å². The van der Waals surface area contributed by atoms with Crippen LogP contribution in [0.1, 0.15) is 31.3 Å². The number of rotatable bonds is 5. The van der Waals surface area contributed by atoms with Crippen LogP contribution in [-0.2, 0) is 16.8 Å². The fourth-order valence-corrected chi connectivity index (χ4v) is 4.35. The second kappa shape index (κ2) is 7.22. The number of fused-ring (bicyclic) bond motifs is 1. The van der Waals surface area contributed by atoms with Gasteiger partial charge in [0.1, 0.15) is 5.69 Å². The number of hydrogen-bond donors (Lipinski definition) is 1. The van der Waals surface area contributed by atoms with Crippen molar-refractivity contribution in [1.82, 2.24) is 25.1 Å². The summed E-state index contributed by atoms with van der Waals surface area (Å²) >= 11 is 4.14. The Morgan fingerprint density at radius 2 is 2.16 bits per heavy atom. The molecule has 0 aromatic carbocycles. The van der Waals surface area contributed by atoms with Crippen LogP contribution in [0.15, 0.2) is 26.6 Å². The van der Waals surface area contributed by atoms with Gasteiger partial charge in [0.15, 0.2) is 4.34 Å². The van der Waals surface area contributed by atoms with Gasteiger partial charge in [0, 0.05) is 10.3 Å². The molecule has 0 aliphatic carbocycles. The van der Waals surface area contributed by atoms with E-state index in [0.717, 1.165) is 4.88 Å². The Bertz CT molecular complexity index is 940. The molecule has 0 fully saturated rings. The molecule has 0 aliphatic heterocycles. The number of carbonyl (C=O) groups excluding carboxylic acids is 1. The summed E-state index contributed by atoms with van der Waals surface area (Å²) in [6, 6.07) is 3.93. The van der Waals surface area contributed by atoms with Crippen LogP contribution in [0, 0.1) is 0 Å². The van der Waals surface area contributed by atoms with E-state index in [1.165, 1.54) is 27.6 Å². The van der Waals surface area contributed by atoms with E-state index in [2.05, 4.69) is 20.6 Å². The summed E-state index contributed by atoms with van der Waals surface area (Å²) in [4.78, 5) is 25.9. The lowest BCUT2D eigenvalue weighted by molar-refractivity contribution is -0.118. The van der Waals surface area contributed by atoms with Crippen LogP contribution >= 0.6 is 34.4 Å². The van der Waals surface area contributed by atoms with E-state index < -0.39 is 5.41 Å². The molecule has 3 rings (SSSR count). The first-order valence-corrected chi connectivity index (χ1v) is 10.2. The van der Waals surface area contributed by atoms with Crippen LogP contribution in [0.2, 0.25) is 0 Å². The third-order valence-electron chi connectivity index (χ3n) is 3.25. The lowest BCUT2D eigenvalue weighted by atomic mass is 9.93. The van der Waals surface area contributed by atoms with Gasteiger partial charge in [-0.25, -0.2) is 0 Å². The molecular formula is C15H17N5O2S3. The highest BCUT2D eigenvalue weighted by molar-refractivity contribution is 8.01. The van der Waals surface area contributed by atoms with Crippen LogP contribution in [0.3, 0.4) is 0 Å². The minimum atomic E-state index is -0.399. The maximum absolute atomic E-state index is 12.5. The van der Waals surface area contributed by atoms with E-state index >= 15 is 0 Å². The van der Waals surface area contributed by atoms with Crippen molar-refractivity contribution in [3.05, 3.63) is 38.4 Å². The number of aromatic nitrogens is 4. The molecular weight excluding hydrogens is 378 g/mol. The molecule has 132 valence electrons. The maximum atomic E-state index is 12.5.